The molecule has 25 heavy (non-hydrogen) atoms. The molecule has 3 N–H and O–H groups in total. The van der Waals surface area contributed by atoms with E-state index in [1.807, 2.05) is 0 Å². The van der Waals surface area contributed by atoms with Gasteiger partial charge in [-0.15, -0.1) is 0 Å². The molecule has 0 bridgehead atoms. The third-order valence-electron chi connectivity index (χ3n) is 3.24. The van der Waals surface area contributed by atoms with Crippen molar-refractivity contribution >= 4 is 29.1 Å². The van der Waals surface area contributed by atoms with Gasteiger partial charge in [0.15, 0.2) is 5.82 Å². The average Bonchev–Trinajstić information content (AvgIpc) is 2.91. The molecular formula is C13H12ClFN8O2. The molecule has 2 heterocycles. The fourth-order valence-corrected chi connectivity index (χ4v) is 2.19. The number of halogens is 2. The Kier molecular flexibility index (Phi) is 4.23. The van der Waals surface area contributed by atoms with E-state index in [9.17, 15) is 14.3 Å². The molecule has 0 atom stereocenters. The molecule has 0 radical (unpaired) electrons. The lowest BCUT2D eigenvalue weighted by atomic mass is 10.2. The first-order chi connectivity index (χ1) is 11.9. The van der Waals surface area contributed by atoms with Crippen molar-refractivity contribution in [2.24, 2.45) is 7.05 Å². The Morgan fingerprint density at radius 3 is 2.72 bits per heavy atom. The number of aromatic hydroxyl groups is 1. The Balaban J connectivity index is 2.04. The minimum absolute atomic E-state index is 0.0511. The second-order valence-corrected chi connectivity index (χ2v) is 5.29. The second kappa shape index (κ2) is 6.36. The van der Waals surface area contributed by atoms with Crippen molar-refractivity contribution < 1.29 is 9.50 Å². The van der Waals surface area contributed by atoms with Gasteiger partial charge < -0.3 is 15.7 Å². The monoisotopic (exact) mass is 366 g/mol. The van der Waals surface area contributed by atoms with Gasteiger partial charge in [0.05, 0.1) is 11.9 Å². The van der Waals surface area contributed by atoms with Crippen LogP contribution in [0.15, 0.2) is 23.1 Å². The number of aryl methyl sites for hydroxylation is 1. The summed E-state index contributed by atoms with van der Waals surface area (Å²) in [6.45, 7) is 0. The fourth-order valence-electron chi connectivity index (χ4n) is 2.00. The van der Waals surface area contributed by atoms with Gasteiger partial charge >= 0.3 is 5.69 Å². The highest BCUT2D eigenvalue weighted by atomic mass is 35.5. The Hall–Kier alpha value is -3.21. The molecule has 0 spiro atoms. The molecule has 0 saturated heterocycles. The number of phenolic OH excluding ortho intramolecular Hbond substituents is 1. The van der Waals surface area contributed by atoms with Crippen LogP contribution in [0.2, 0.25) is 5.02 Å². The summed E-state index contributed by atoms with van der Waals surface area (Å²) in [5.74, 6) is -0.833. The van der Waals surface area contributed by atoms with Gasteiger partial charge in [-0.05, 0) is 16.5 Å². The van der Waals surface area contributed by atoms with Crippen molar-refractivity contribution in [3.8, 4) is 11.4 Å². The Morgan fingerprint density at radius 1 is 1.32 bits per heavy atom. The van der Waals surface area contributed by atoms with Crippen molar-refractivity contribution in [1.29, 1.82) is 0 Å². The highest BCUT2D eigenvalue weighted by Crippen LogP contribution is 2.29. The lowest BCUT2D eigenvalue weighted by Crippen LogP contribution is -2.22. The van der Waals surface area contributed by atoms with E-state index in [-0.39, 0.29) is 17.3 Å². The van der Waals surface area contributed by atoms with E-state index >= 15 is 0 Å². The number of rotatable bonds is 4. The molecular weight excluding hydrogens is 355 g/mol. The normalized spacial score (nSPS) is 10.7. The van der Waals surface area contributed by atoms with E-state index in [1.54, 1.807) is 7.05 Å². The van der Waals surface area contributed by atoms with Crippen molar-refractivity contribution in [2.45, 2.75) is 0 Å². The number of nitrogens with zero attached hydrogens (tertiary/aromatic N) is 6. The summed E-state index contributed by atoms with van der Waals surface area (Å²) in [5, 5.41) is 22.8. The predicted molar refractivity (Wildman–Crippen MR) is 88.1 cm³/mol. The number of anilines is 3. The molecule has 10 nitrogen and oxygen atoms in total. The number of aromatic nitrogens is 6. The van der Waals surface area contributed by atoms with E-state index < -0.39 is 17.3 Å². The van der Waals surface area contributed by atoms with Gasteiger partial charge in [-0.25, -0.2) is 14.2 Å². The molecule has 0 aliphatic rings. The van der Waals surface area contributed by atoms with Crippen LogP contribution in [0.25, 0.3) is 5.69 Å². The summed E-state index contributed by atoms with van der Waals surface area (Å²) in [5.41, 5.74) is -0.729. The lowest BCUT2D eigenvalue weighted by Gasteiger charge is -2.11. The van der Waals surface area contributed by atoms with Gasteiger partial charge in [-0.1, -0.05) is 11.6 Å². The Bertz CT molecular complexity index is 1000. The molecule has 0 fully saturated rings. The first-order valence-corrected chi connectivity index (χ1v) is 7.27. The zero-order chi connectivity index (χ0) is 18.1. The zero-order valence-corrected chi connectivity index (χ0v) is 13.8. The van der Waals surface area contributed by atoms with Gasteiger partial charge in [0.25, 0.3) is 0 Å². The first kappa shape index (κ1) is 16.6. The number of hydrogen-bond donors (Lipinski definition) is 3. The molecule has 2 aromatic heterocycles. The number of benzene rings is 1. The largest absolute Gasteiger partial charge is 0.506 e. The topological polar surface area (TPSA) is 123 Å². The minimum Gasteiger partial charge on any atom is -0.506 e. The van der Waals surface area contributed by atoms with Crippen LogP contribution in [-0.4, -0.2) is 41.9 Å². The molecule has 0 unspecified atom stereocenters. The molecule has 0 saturated carbocycles. The van der Waals surface area contributed by atoms with Gasteiger partial charge in [0.2, 0.25) is 5.95 Å². The highest BCUT2D eigenvalue weighted by molar-refractivity contribution is 6.32. The van der Waals surface area contributed by atoms with Crippen molar-refractivity contribution in [1.82, 2.24) is 29.8 Å². The average molecular weight is 367 g/mol. The van der Waals surface area contributed by atoms with E-state index in [1.165, 1.54) is 19.3 Å². The van der Waals surface area contributed by atoms with Crippen LogP contribution in [0.5, 0.6) is 5.75 Å². The lowest BCUT2D eigenvalue weighted by molar-refractivity contribution is 0.463. The number of nitrogens with one attached hydrogen (secondary N) is 2. The van der Waals surface area contributed by atoms with Crippen molar-refractivity contribution in [2.75, 3.05) is 17.7 Å². The van der Waals surface area contributed by atoms with Crippen LogP contribution >= 0.6 is 11.6 Å². The van der Waals surface area contributed by atoms with Gasteiger partial charge in [0.1, 0.15) is 22.3 Å². The van der Waals surface area contributed by atoms with Gasteiger partial charge in [-0.2, -0.15) is 14.3 Å². The summed E-state index contributed by atoms with van der Waals surface area (Å²) >= 11 is 5.90. The molecule has 1 aromatic carbocycles. The third-order valence-corrected chi connectivity index (χ3v) is 3.52. The number of tetrazole rings is 1. The Morgan fingerprint density at radius 2 is 2.08 bits per heavy atom. The van der Waals surface area contributed by atoms with Crippen LogP contribution in [0.3, 0.4) is 0 Å². The standard InChI is InChI=1S/C13H12ClFN8O2/c1-16-11-6(14)5-17-12(19-11)18-8-4-9(10(24)3-7(8)15)23-13(25)22(2)20-21-23/h3-5,24H,1-2H3,(H2,16,17,18,19). The number of hydrogen-bond acceptors (Lipinski definition) is 8. The summed E-state index contributed by atoms with van der Waals surface area (Å²) in [7, 11) is 3.02. The second-order valence-electron chi connectivity index (χ2n) is 4.88. The van der Waals surface area contributed by atoms with Gasteiger partial charge in [0, 0.05) is 20.2 Å². The number of phenols is 1. The molecule has 12 heteroatoms. The van der Waals surface area contributed by atoms with E-state index in [2.05, 4.69) is 31.0 Å². The van der Waals surface area contributed by atoms with Crippen molar-refractivity contribution in [3.05, 3.63) is 39.7 Å². The van der Waals surface area contributed by atoms with E-state index in [0.717, 1.165) is 15.4 Å². The minimum atomic E-state index is -0.775. The predicted octanol–water partition coefficient (Wildman–Crippen LogP) is 1.04. The molecule has 130 valence electrons. The molecule has 0 amide bonds. The van der Waals surface area contributed by atoms with E-state index in [4.69, 9.17) is 11.6 Å². The maximum Gasteiger partial charge on any atom is 0.368 e. The molecule has 3 aromatic rings. The summed E-state index contributed by atoms with van der Waals surface area (Å²) in [4.78, 5) is 19.9. The fraction of sp³-hybridized carbons (Fsp3) is 0.154. The zero-order valence-electron chi connectivity index (χ0n) is 13.0. The third kappa shape index (κ3) is 3.08. The van der Waals surface area contributed by atoms with Crippen LogP contribution in [0.1, 0.15) is 0 Å². The highest BCUT2D eigenvalue weighted by Gasteiger charge is 2.16. The SMILES string of the molecule is CNc1nc(Nc2cc(-n3nnn(C)c3=O)c(O)cc2F)ncc1Cl. The quantitative estimate of drug-likeness (QED) is 0.585. The van der Waals surface area contributed by atoms with Crippen LogP contribution in [0, 0.1) is 5.82 Å². The van der Waals surface area contributed by atoms with Crippen LogP contribution < -0.4 is 16.3 Å². The van der Waals surface area contributed by atoms with Crippen LogP contribution in [-0.2, 0) is 7.05 Å². The van der Waals surface area contributed by atoms with E-state index in [0.29, 0.717) is 10.8 Å². The summed E-state index contributed by atoms with van der Waals surface area (Å²) < 4.78 is 16.0. The summed E-state index contributed by atoms with van der Waals surface area (Å²) in [6, 6.07) is 2.03. The summed E-state index contributed by atoms with van der Waals surface area (Å²) in [6.07, 6.45) is 1.34. The first-order valence-electron chi connectivity index (χ1n) is 6.90. The van der Waals surface area contributed by atoms with Crippen molar-refractivity contribution in [3.63, 3.8) is 0 Å². The Labute approximate surface area is 144 Å². The molecule has 0 aliphatic heterocycles. The maximum atomic E-state index is 14.2. The van der Waals surface area contributed by atoms with Gasteiger partial charge in [-0.3, -0.25) is 0 Å². The smallest absolute Gasteiger partial charge is 0.368 e. The molecule has 0 aliphatic carbocycles. The van der Waals surface area contributed by atoms with Crippen LogP contribution in [0.4, 0.5) is 21.8 Å². The maximum absolute atomic E-state index is 14.2. The molecule has 3 rings (SSSR count).